The smallest absolute Gasteiger partial charge is 0.254 e. The van der Waals surface area contributed by atoms with Crippen LogP contribution in [0.5, 0.6) is 0 Å². The van der Waals surface area contributed by atoms with Crippen molar-refractivity contribution in [3.63, 3.8) is 0 Å². The van der Waals surface area contributed by atoms with Crippen molar-refractivity contribution in [2.24, 2.45) is 5.92 Å². The third kappa shape index (κ3) is 4.70. The van der Waals surface area contributed by atoms with E-state index in [9.17, 15) is 13.2 Å². The van der Waals surface area contributed by atoms with Gasteiger partial charge in [0.2, 0.25) is 10.0 Å². The predicted molar refractivity (Wildman–Crippen MR) is 95.7 cm³/mol. The summed E-state index contributed by atoms with van der Waals surface area (Å²) in [5.74, 6) is 0.697. The van der Waals surface area contributed by atoms with Gasteiger partial charge in [-0.15, -0.1) is 0 Å². The van der Waals surface area contributed by atoms with Gasteiger partial charge in [0.25, 0.3) is 5.91 Å². The number of carbonyl (C=O) groups is 1. The van der Waals surface area contributed by atoms with Crippen LogP contribution in [0.1, 0.15) is 42.9 Å². The summed E-state index contributed by atoms with van der Waals surface area (Å²) in [7, 11) is -1.87. The van der Waals surface area contributed by atoms with E-state index in [1.165, 1.54) is 24.3 Å². The first-order valence-electron chi connectivity index (χ1n) is 8.12. The van der Waals surface area contributed by atoms with Crippen LogP contribution in [0.4, 0.5) is 0 Å². The van der Waals surface area contributed by atoms with Crippen molar-refractivity contribution < 1.29 is 17.6 Å². The average Bonchev–Trinajstić information content (AvgIpc) is 3.13. The highest BCUT2D eigenvalue weighted by Crippen LogP contribution is 2.21. The van der Waals surface area contributed by atoms with Crippen LogP contribution in [0.25, 0.3) is 0 Å². The number of amides is 1. The zero-order valence-corrected chi connectivity index (χ0v) is 15.7. The molecule has 0 saturated carbocycles. The Hall–Kier alpha value is -2.12. The number of hydrogen-bond donors (Lipinski definition) is 1. The number of hydrogen-bond acceptors (Lipinski definition) is 4. The van der Waals surface area contributed by atoms with E-state index in [0.29, 0.717) is 17.9 Å². The lowest BCUT2D eigenvalue weighted by molar-refractivity contribution is 0.0726. The topological polar surface area (TPSA) is 79.6 Å². The molecule has 7 heteroatoms. The lowest BCUT2D eigenvalue weighted by Gasteiger charge is -2.23. The molecular formula is C18H24N2O4S. The number of sulfonamides is 1. The van der Waals surface area contributed by atoms with Crippen LogP contribution in [0, 0.1) is 5.92 Å². The normalized spacial score (nSPS) is 13.0. The van der Waals surface area contributed by atoms with Gasteiger partial charge in [-0.3, -0.25) is 4.79 Å². The van der Waals surface area contributed by atoms with Crippen molar-refractivity contribution in [2.45, 2.75) is 31.7 Å². The lowest BCUT2D eigenvalue weighted by Crippen LogP contribution is -2.30. The quantitative estimate of drug-likeness (QED) is 0.819. The molecule has 1 aromatic carbocycles. The fraction of sp³-hybridized carbons (Fsp3) is 0.389. The number of nitrogens with zero attached hydrogens (tertiary/aromatic N) is 1. The highest BCUT2D eigenvalue weighted by molar-refractivity contribution is 7.89. The second kappa shape index (κ2) is 7.84. The number of benzene rings is 1. The van der Waals surface area contributed by atoms with Gasteiger partial charge < -0.3 is 9.32 Å². The van der Waals surface area contributed by atoms with Gasteiger partial charge in [0.05, 0.1) is 17.2 Å². The van der Waals surface area contributed by atoms with E-state index in [2.05, 4.69) is 4.72 Å². The summed E-state index contributed by atoms with van der Waals surface area (Å²) in [6.07, 6.45) is 1.56. The molecule has 0 radical (unpaired) electrons. The van der Waals surface area contributed by atoms with Gasteiger partial charge in [0.15, 0.2) is 0 Å². The van der Waals surface area contributed by atoms with Crippen molar-refractivity contribution in [1.82, 2.24) is 9.62 Å². The van der Waals surface area contributed by atoms with Gasteiger partial charge in [0, 0.05) is 19.2 Å². The Morgan fingerprint density at radius 2 is 1.80 bits per heavy atom. The Morgan fingerprint density at radius 3 is 2.32 bits per heavy atom. The summed E-state index contributed by atoms with van der Waals surface area (Å²) in [4.78, 5) is 14.3. The van der Waals surface area contributed by atoms with E-state index in [4.69, 9.17) is 4.42 Å². The molecule has 0 fully saturated rings. The molecular weight excluding hydrogens is 340 g/mol. The molecule has 0 aliphatic heterocycles. The summed E-state index contributed by atoms with van der Waals surface area (Å²) in [5, 5.41) is 0. The third-order valence-electron chi connectivity index (χ3n) is 3.95. The first-order valence-corrected chi connectivity index (χ1v) is 9.61. The maximum Gasteiger partial charge on any atom is 0.254 e. The van der Waals surface area contributed by atoms with Crippen LogP contribution in [0.15, 0.2) is 52.0 Å². The van der Waals surface area contributed by atoms with Crippen LogP contribution in [-0.2, 0) is 10.0 Å². The third-order valence-corrected chi connectivity index (χ3v) is 5.39. The van der Waals surface area contributed by atoms with Gasteiger partial charge in [-0.05, 0) is 49.2 Å². The first kappa shape index (κ1) is 19.2. The predicted octanol–water partition coefficient (Wildman–Crippen LogP) is 3.05. The summed E-state index contributed by atoms with van der Waals surface area (Å²) in [6.45, 7) is 6.10. The van der Waals surface area contributed by atoms with Gasteiger partial charge in [0.1, 0.15) is 5.76 Å². The molecule has 136 valence electrons. The number of rotatable bonds is 7. The number of furan rings is 1. The van der Waals surface area contributed by atoms with E-state index in [1.807, 2.05) is 26.8 Å². The molecule has 2 rings (SSSR count). The number of nitrogens with one attached hydrogen (secondary N) is 1. The highest BCUT2D eigenvalue weighted by atomic mass is 32.2. The van der Waals surface area contributed by atoms with E-state index < -0.39 is 10.0 Å². The molecule has 0 saturated heterocycles. The molecule has 1 atom stereocenters. The minimum atomic E-state index is -3.56. The molecule has 2 aromatic rings. The van der Waals surface area contributed by atoms with E-state index in [-0.39, 0.29) is 22.8 Å². The SMILES string of the molecule is CC(C)CNS(=O)(=O)c1ccc(C(=O)N(C)C(C)c2ccco2)cc1. The summed E-state index contributed by atoms with van der Waals surface area (Å²) < 4.78 is 32.3. The van der Waals surface area contributed by atoms with Gasteiger partial charge >= 0.3 is 0 Å². The van der Waals surface area contributed by atoms with E-state index in [1.54, 1.807) is 24.3 Å². The summed E-state index contributed by atoms with van der Waals surface area (Å²) in [6, 6.07) is 9.30. The Bertz CT molecular complexity index is 796. The Labute approximate surface area is 148 Å². The van der Waals surface area contributed by atoms with Crippen LogP contribution in [0.3, 0.4) is 0 Å². The Morgan fingerprint density at radius 1 is 1.16 bits per heavy atom. The van der Waals surface area contributed by atoms with Gasteiger partial charge in [-0.25, -0.2) is 13.1 Å². The summed E-state index contributed by atoms with van der Waals surface area (Å²) >= 11 is 0. The van der Waals surface area contributed by atoms with Crippen molar-refractivity contribution in [2.75, 3.05) is 13.6 Å². The molecule has 0 aliphatic carbocycles. The molecule has 0 aliphatic rings. The van der Waals surface area contributed by atoms with Crippen LogP contribution in [0.2, 0.25) is 0 Å². The first-order chi connectivity index (χ1) is 11.7. The molecule has 1 amide bonds. The summed E-state index contributed by atoms with van der Waals surface area (Å²) in [5.41, 5.74) is 0.420. The van der Waals surface area contributed by atoms with Gasteiger partial charge in [-0.2, -0.15) is 0 Å². The van der Waals surface area contributed by atoms with Crippen LogP contribution in [-0.4, -0.2) is 32.8 Å². The van der Waals surface area contributed by atoms with Crippen molar-refractivity contribution in [3.8, 4) is 0 Å². The maximum atomic E-state index is 12.6. The standard InChI is InChI=1S/C18H24N2O4S/c1-13(2)12-19-25(22,23)16-9-7-15(8-10-16)18(21)20(4)14(3)17-6-5-11-24-17/h5-11,13-14,19H,12H2,1-4H3. The largest absolute Gasteiger partial charge is 0.467 e. The van der Waals surface area contributed by atoms with Crippen molar-refractivity contribution in [3.05, 3.63) is 54.0 Å². The average molecular weight is 364 g/mol. The van der Waals surface area contributed by atoms with Crippen LogP contribution >= 0.6 is 0 Å². The molecule has 0 bridgehead atoms. The molecule has 1 aromatic heterocycles. The Balaban J connectivity index is 2.12. The second-order valence-electron chi connectivity index (χ2n) is 6.38. The van der Waals surface area contributed by atoms with Crippen molar-refractivity contribution in [1.29, 1.82) is 0 Å². The monoisotopic (exact) mass is 364 g/mol. The van der Waals surface area contributed by atoms with E-state index in [0.717, 1.165) is 0 Å². The second-order valence-corrected chi connectivity index (χ2v) is 8.14. The highest BCUT2D eigenvalue weighted by Gasteiger charge is 2.21. The zero-order valence-electron chi connectivity index (χ0n) is 14.9. The Kier molecular flexibility index (Phi) is 6.02. The van der Waals surface area contributed by atoms with E-state index >= 15 is 0 Å². The van der Waals surface area contributed by atoms with Crippen molar-refractivity contribution >= 4 is 15.9 Å². The van der Waals surface area contributed by atoms with Crippen LogP contribution < -0.4 is 4.72 Å². The molecule has 1 unspecified atom stereocenters. The molecule has 1 heterocycles. The fourth-order valence-corrected chi connectivity index (χ4v) is 3.45. The zero-order chi connectivity index (χ0) is 18.6. The number of carbonyl (C=O) groups excluding carboxylic acids is 1. The fourth-order valence-electron chi connectivity index (χ4n) is 2.24. The molecule has 0 spiro atoms. The lowest BCUT2D eigenvalue weighted by atomic mass is 10.1. The minimum absolute atomic E-state index is 0.145. The molecule has 6 nitrogen and oxygen atoms in total. The minimum Gasteiger partial charge on any atom is -0.467 e. The molecule has 25 heavy (non-hydrogen) atoms. The molecule has 1 N–H and O–H groups in total. The maximum absolute atomic E-state index is 12.6. The van der Waals surface area contributed by atoms with Gasteiger partial charge in [-0.1, -0.05) is 13.8 Å².